The van der Waals surface area contributed by atoms with E-state index in [1.165, 1.54) is 178 Å². The molecule has 0 amide bonds. The van der Waals surface area contributed by atoms with Crippen LogP contribution in [0, 0.1) is 166 Å². The van der Waals surface area contributed by atoms with Crippen molar-refractivity contribution in [2.75, 3.05) is 14.2 Å². The molecule has 0 saturated heterocycles. The molecular weight excluding hydrogens is 1880 g/mol. The van der Waals surface area contributed by atoms with Crippen molar-refractivity contribution in [2.45, 2.75) is 219 Å². The van der Waals surface area contributed by atoms with Gasteiger partial charge in [-0.3, -0.25) is 0 Å². The molecule has 0 bridgehead atoms. The van der Waals surface area contributed by atoms with Crippen molar-refractivity contribution < 1.29 is 9.47 Å². The summed E-state index contributed by atoms with van der Waals surface area (Å²) in [6, 6.07) is 129. The fraction of sp³-hybridized carbons (Fsp3) is 0.239. The van der Waals surface area contributed by atoms with E-state index in [9.17, 15) is 0 Å². The lowest BCUT2D eigenvalue weighted by Crippen LogP contribution is -1.95. The fourth-order valence-corrected chi connectivity index (χ4v) is 17.2. The normalized spacial score (nSPS) is 10.3. The largest absolute Gasteiger partial charge is 0.496 e. The van der Waals surface area contributed by atoms with Crippen LogP contribution in [0.2, 0.25) is 20.1 Å². The number of methoxy groups -OCH3 is 2. The molecule has 0 saturated carbocycles. The van der Waals surface area contributed by atoms with Gasteiger partial charge < -0.3 is 9.47 Å². The van der Waals surface area contributed by atoms with E-state index in [1.54, 1.807) is 14.2 Å². The molecule has 0 fully saturated rings. The van der Waals surface area contributed by atoms with E-state index in [0.29, 0.717) is 0 Å². The average molecular weight is 2040 g/mol. The quantitative estimate of drug-likeness (QED) is 0.0960. The molecule has 18 rings (SSSR count). The zero-order valence-electron chi connectivity index (χ0n) is 93.2. The first kappa shape index (κ1) is 118. The van der Waals surface area contributed by atoms with Gasteiger partial charge in [0.2, 0.25) is 0 Å². The minimum absolute atomic E-state index is 0.786. The molecule has 18 aromatic carbocycles. The van der Waals surface area contributed by atoms with E-state index in [-0.39, 0.29) is 0 Å². The molecule has 18 aromatic rings. The second-order valence-electron chi connectivity index (χ2n) is 39.9. The topological polar surface area (TPSA) is 18.5 Å². The van der Waals surface area contributed by atoms with Gasteiger partial charge in [0, 0.05) is 20.1 Å². The molecule has 6 heteroatoms. The molecule has 0 N–H and O–H groups in total. The minimum atomic E-state index is 0.786. The Morgan fingerprint density at radius 2 is 0.358 bits per heavy atom. The third kappa shape index (κ3) is 39.1. The first-order valence-electron chi connectivity index (χ1n) is 51.7. The van der Waals surface area contributed by atoms with E-state index in [0.717, 1.165) is 126 Å². The highest BCUT2D eigenvalue weighted by atomic mass is 35.5. The summed E-state index contributed by atoms with van der Waals surface area (Å²) >= 11 is 24.4. The van der Waals surface area contributed by atoms with Crippen molar-refractivity contribution in [3.63, 3.8) is 0 Å². The van der Waals surface area contributed by atoms with E-state index < -0.39 is 0 Å². The Labute approximate surface area is 910 Å². The highest BCUT2D eigenvalue weighted by molar-refractivity contribution is 6.32. The Bertz CT molecular complexity index is 6650. The molecule has 2 nitrogen and oxygen atoms in total. The maximum atomic E-state index is 6.11. The number of hydrogen-bond donors (Lipinski definition) is 0. The third-order valence-electron chi connectivity index (χ3n) is 27.1. The monoisotopic (exact) mass is 2030 g/mol. The molecule has 0 aliphatic heterocycles. The van der Waals surface area contributed by atoms with Crippen molar-refractivity contribution >= 4 is 46.4 Å². The number of halogens is 4. The van der Waals surface area contributed by atoms with Crippen LogP contribution in [0.3, 0.4) is 0 Å². The second kappa shape index (κ2) is 59.6. The van der Waals surface area contributed by atoms with Crippen molar-refractivity contribution in [3.05, 3.63) is 573 Å². The van der Waals surface area contributed by atoms with Gasteiger partial charge in [-0.25, -0.2) is 0 Å². The summed E-state index contributed by atoms with van der Waals surface area (Å²) in [6.45, 7) is 55.1. The van der Waals surface area contributed by atoms with Crippen LogP contribution in [0.1, 0.15) is 203 Å². The highest BCUT2D eigenvalue weighted by Crippen LogP contribution is 2.34. The Morgan fingerprint density at radius 1 is 0.155 bits per heavy atom. The molecule has 0 aliphatic carbocycles. The first-order valence-corrected chi connectivity index (χ1v) is 53.2. The summed E-state index contributed by atoms with van der Waals surface area (Å²) in [4.78, 5) is 0. The van der Waals surface area contributed by atoms with Crippen LogP contribution in [-0.4, -0.2) is 14.2 Å². The van der Waals surface area contributed by atoms with E-state index in [2.05, 4.69) is 454 Å². The van der Waals surface area contributed by atoms with Crippen LogP contribution in [0.25, 0.3) is 44.5 Å². The maximum absolute atomic E-state index is 6.11. The average Bonchev–Trinajstić information content (AvgIpc) is 0.806. The number of ether oxygens (including phenoxy) is 2. The molecular formula is C142H156Cl4O2. The van der Waals surface area contributed by atoms with Crippen LogP contribution in [0.5, 0.6) is 11.5 Å². The van der Waals surface area contributed by atoms with Gasteiger partial charge in [0.1, 0.15) is 11.5 Å². The predicted octanol–water partition coefficient (Wildman–Crippen LogP) is 41.1. The highest BCUT2D eigenvalue weighted by Gasteiger charge is 2.12. The van der Waals surface area contributed by atoms with Gasteiger partial charge in [-0.1, -0.05) is 432 Å². The van der Waals surface area contributed by atoms with Gasteiger partial charge in [0.25, 0.3) is 0 Å². The lowest BCUT2D eigenvalue weighted by Gasteiger charge is -2.10. The lowest BCUT2D eigenvalue weighted by molar-refractivity contribution is 0.411. The summed E-state index contributed by atoms with van der Waals surface area (Å²) in [5.74, 6) is 1.82. The summed E-state index contributed by atoms with van der Waals surface area (Å²) in [6.07, 6.45) is 6.20. The van der Waals surface area contributed by atoms with Gasteiger partial charge in [0.05, 0.1) is 14.2 Å². The van der Waals surface area contributed by atoms with Crippen LogP contribution in [0.4, 0.5) is 0 Å². The molecule has 0 spiro atoms. The summed E-state index contributed by atoms with van der Waals surface area (Å²) in [5.41, 5.74) is 54.4. The number of rotatable bonds is 16. The fourth-order valence-electron chi connectivity index (χ4n) is 16.4. The van der Waals surface area contributed by atoms with E-state index in [1.807, 2.05) is 90.1 Å². The van der Waals surface area contributed by atoms with Crippen molar-refractivity contribution in [3.8, 4) is 56.0 Å². The maximum Gasteiger partial charge on any atom is 0.122 e. The minimum Gasteiger partial charge on any atom is -0.496 e. The molecule has 0 aliphatic rings. The summed E-state index contributed by atoms with van der Waals surface area (Å²) in [5, 5.41) is 3.21. The van der Waals surface area contributed by atoms with Crippen LogP contribution in [-0.2, 0) is 38.5 Å². The number of aryl methyl sites for hydroxylation is 26. The van der Waals surface area contributed by atoms with Gasteiger partial charge in [-0.2, -0.15) is 0 Å². The Balaban J connectivity index is 0.000000184. The van der Waals surface area contributed by atoms with Crippen molar-refractivity contribution in [2.24, 2.45) is 0 Å². The number of hydrogen-bond acceptors (Lipinski definition) is 2. The van der Waals surface area contributed by atoms with Gasteiger partial charge >= 0.3 is 0 Å². The molecule has 0 heterocycles. The van der Waals surface area contributed by atoms with Gasteiger partial charge in [-0.15, -0.1) is 0 Å². The third-order valence-corrected chi connectivity index (χ3v) is 28.7. The van der Waals surface area contributed by atoms with Crippen LogP contribution >= 0.6 is 46.4 Å². The molecule has 764 valence electrons. The Morgan fingerprint density at radius 3 is 0.615 bits per heavy atom. The SMILES string of the molecule is CCc1cc(Cc2ccc(C)c(CC)c2)ccc1C.COc1cc(-c2ccc(C)c(OC)c2)ccc1C.Cc1ccc(-c2ccc(C)c(C)c2)cc1C.Cc1ccc(-c2ccc(C)c(Cl)c2)cc1Cl.Cc1ccc(-c2ccc(C)cc2)cc1.Cc1ccc(C)cc1.Cc1ccc(Cc2ccc(C)c(C)c2)cc1C.Cc1ccc(Cc2ccc(C)c(Cl)c2)cc1Cl.Cc1ccc(Cc2ccc(C)cc2)cc1.Cc1cccc(C)c1. The predicted molar refractivity (Wildman–Crippen MR) is 649 cm³/mol. The van der Waals surface area contributed by atoms with Crippen LogP contribution < -0.4 is 9.47 Å². The zero-order chi connectivity index (χ0) is 108. The number of benzene rings is 18. The summed E-state index contributed by atoms with van der Waals surface area (Å²) < 4.78 is 10.7. The summed E-state index contributed by atoms with van der Waals surface area (Å²) in [7, 11) is 3.39. The molecule has 0 unspecified atom stereocenters. The molecule has 0 atom stereocenters. The van der Waals surface area contributed by atoms with E-state index >= 15 is 0 Å². The molecule has 148 heavy (non-hydrogen) atoms. The Kier molecular flexibility index (Phi) is 47.7. The molecule has 0 aromatic heterocycles. The van der Waals surface area contributed by atoms with E-state index in [4.69, 9.17) is 55.9 Å². The standard InChI is InChI=1S/C19H24.C17H20.C16H18O2.C16H18.C15H14Cl2.C15H16.C14H12Cl2.C14H14.2C8H10/c1-5-18-12-16(9-7-14(18)3)11-17-10-8-15(4)19(6-2)13-17;1-12-5-7-16(9-14(12)3)11-17-8-6-13(2)15(4)10-17;1-11-5-7-13(9-15(11)17-3)14-8-6-12(2)16(10-14)18-4;1-11-5-7-15(9-13(11)3)16-8-6-12(2)14(4)10-16;1-10-3-5-12(8-14(10)16)7-13-6-4-11(2)15(17)9-13;1-12-3-7-14(8-4-12)11-15-9-5-13(2)6-10-15;1-9-3-5-11(7-13(9)15)12-6-4-10(2)14(16)8-12;1-11-3-7-13(8-4-11)14-9-5-12(2)6-10-14;1-7-3-5-8(2)6-4-7;1-7-4-3-5-8(2)6-7/h7-10,12-13H,5-6,11H2,1-4H3;5-10H,11H2,1-4H3;5-10H,1-4H3;5-10H,1-4H3;3-6,8-9H,7H2,1-2H3;3-10H,11H2,1-2H3;3-8H,1-2H3;3-10H,1-2H3;2*3-6H,1-2H3. The van der Waals surface area contributed by atoms with Crippen molar-refractivity contribution in [1.82, 2.24) is 0 Å². The first-order chi connectivity index (χ1) is 70.6. The lowest BCUT2D eigenvalue weighted by atomic mass is 9.96. The zero-order valence-corrected chi connectivity index (χ0v) is 96.2. The molecule has 0 radical (unpaired) electrons. The van der Waals surface area contributed by atoms with Gasteiger partial charge in [0.15, 0.2) is 0 Å². The Hall–Kier alpha value is -13.3. The van der Waals surface area contributed by atoms with Crippen LogP contribution in [0.15, 0.2) is 364 Å². The smallest absolute Gasteiger partial charge is 0.122 e. The second-order valence-corrected chi connectivity index (χ2v) is 41.5. The van der Waals surface area contributed by atoms with Crippen molar-refractivity contribution in [1.29, 1.82) is 0 Å². The van der Waals surface area contributed by atoms with Gasteiger partial charge in [-0.05, 0) is 430 Å².